The number of ether oxygens (including phenoxy) is 2. The lowest BCUT2D eigenvalue weighted by molar-refractivity contribution is -0.152. The second kappa shape index (κ2) is 11.5. The third kappa shape index (κ3) is 7.67. The Kier molecular flexibility index (Phi) is 9.49. The van der Waals surface area contributed by atoms with Crippen LogP contribution < -0.4 is 5.32 Å². The normalized spacial score (nSPS) is 18.2. The van der Waals surface area contributed by atoms with Gasteiger partial charge >= 0.3 is 12.1 Å². The van der Waals surface area contributed by atoms with Gasteiger partial charge in [-0.05, 0) is 57.9 Å². The Hall–Kier alpha value is -2.18. The fourth-order valence-electron chi connectivity index (χ4n) is 3.43. The topological polar surface area (TPSA) is 128 Å². The number of likely N-dealkylation sites (tertiary alicyclic amines) is 1. The molecule has 0 bridgehead atoms. The summed E-state index contributed by atoms with van der Waals surface area (Å²) in [6.07, 6.45) is 0.177. The molecular formula is C22H31BrN2O8S. The number of halogens is 1. The average molecular weight is 563 g/mol. The van der Waals surface area contributed by atoms with Crippen molar-refractivity contribution in [1.82, 2.24) is 10.2 Å². The number of carbonyl (C=O) groups excluding carboxylic acids is 3. The first-order valence-corrected chi connectivity index (χ1v) is 13.0. The van der Waals surface area contributed by atoms with Gasteiger partial charge in [-0.15, -0.1) is 0 Å². The molecule has 12 heteroatoms. The van der Waals surface area contributed by atoms with E-state index in [-0.39, 0.29) is 11.5 Å². The van der Waals surface area contributed by atoms with Crippen LogP contribution in [0.3, 0.4) is 0 Å². The third-order valence-corrected chi connectivity index (χ3v) is 6.93. The zero-order valence-corrected chi connectivity index (χ0v) is 22.3. The van der Waals surface area contributed by atoms with Crippen LogP contribution in [0, 0.1) is 5.92 Å². The Morgan fingerprint density at radius 3 is 2.38 bits per heavy atom. The van der Waals surface area contributed by atoms with E-state index in [0.717, 1.165) is 0 Å². The number of carbonyl (C=O) groups is 3. The average Bonchev–Trinajstić information content (AvgIpc) is 3.24. The Bertz CT molecular complexity index is 991. The van der Waals surface area contributed by atoms with Crippen molar-refractivity contribution in [2.24, 2.45) is 5.92 Å². The van der Waals surface area contributed by atoms with Gasteiger partial charge in [0.05, 0.1) is 18.6 Å². The van der Waals surface area contributed by atoms with Crippen LogP contribution in [0.5, 0.6) is 0 Å². The van der Waals surface area contributed by atoms with Crippen LogP contribution in [-0.2, 0) is 33.4 Å². The number of nitrogens with zero attached hydrogens (tertiary/aromatic N) is 1. The lowest BCUT2D eigenvalue weighted by atomic mass is 10.0. The maximum Gasteiger partial charge on any atom is 0.408 e. The van der Waals surface area contributed by atoms with E-state index in [1.54, 1.807) is 39.8 Å². The molecule has 1 aromatic rings. The molecule has 1 N–H and O–H groups in total. The van der Waals surface area contributed by atoms with E-state index >= 15 is 0 Å². The molecule has 3 atom stereocenters. The van der Waals surface area contributed by atoms with E-state index < -0.39 is 51.7 Å². The number of methoxy groups -OCH3 is 1. The van der Waals surface area contributed by atoms with E-state index in [2.05, 4.69) is 21.2 Å². The summed E-state index contributed by atoms with van der Waals surface area (Å²) in [4.78, 5) is 39.3. The Morgan fingerprint density at radius 1 is 1.21 bits per heavy atom. The zero-order valence-electron chi connectivity index (χ0n) is 19.9. The summed E-state index contributed by atoms with van der Waals surface area (Å²) in [5.74, 6) is -1.87. The summed E-state index contributed by atoms with van der Waals surface area (Å²) in [6, 6.07) is 3.93. The number of hydrogen-bond acceptors (Lipinski definition) is 8. The van der Waals surface area contributed by atoms with E-state index in [4.69, 9.17) is 13.7 Å². The minimum absolute atomic E-state index is 0.0452. The summed E-state index contributed by atoms with van der Waals surface area (Å²) in [5, 5.41) is 2.53. The van der Waals surface area contributed by atoms with Crippen molar-refractivity contribution < 1.29 is 36.5 Å². The van der Waals surface area contributed by atoms with Crippen molar-refractivity contribution in [1.29, 1.82) is 0 Å². The lowest BCUT2D eigenvalue weighted by Crippen LogP contribution is -2.55. The fourth-order valence-corrected chi connectivity index (χ4v) is 4.70. The maximum atomic E-state index is 13.4. The molecule has 2 unspecified atom stereocenters. The first kappa shape index (κ1) is 28.1. The van der Waals surface area contributed by atoms with Gasteiger partial charge in [0.1, 0.15) is 17.7 Å². The maximum absolute atomic E-state index is 13.4. The van der Waals surface area contributed by atoms with Crippen molar-refractivity contribution in [3.05, 3.63) is 28.7 Å². The molecule has 1 saturated heterocycles. The largest absolute Gasteiger partial charge is 0.467 e. The predicted molar refractivity (Wildman–Crippen MR) is 126 cm³/mol. The van der Waals surface area contributed by atoms with Crippen molar-refractivity contribution in [3.8, 4) is 0 Å². The van der Waals surface area contributed by atoms with Crippen LogP contribution in [0.4, 0.5) is 4.79 Å². The molecule has 1 aliphatic rings. The van der Waals surface area contributed by atoms with Crippen molar-refractivity contribution in [2.45, 2.75) is 63.1 Å². The second-order valence-corrected chi connectivity index (χ2v) is 11.5. The number of nitrogens with one attached hydrogen (secondary N) is 1. The summed E-state index contributed by atoms with van der Waals surface area (Å²) in [5.41, 5.74) is -0.815. The molecule has 0 spiro atoms. The van der Waals surface area contributed by atoms with Gasteiger partial charge in [-0.3, -0.25) is 8.98 Å². The van der Waals surface area contributed by atoms with E-state index in [1.165, 1.54) is 24.1 Å². The molecule has 190 valence electrons. The molecule has 0 aliphatic carbocycles. The highest BCUT2D eigenvalue weighted by Gasteiger charge is 2.41. The fraction of sp³-hybridized carbons (Fsp3) is 0.591. The monoisotopic (exact) mass is 562 g/mol. The van der Waals surface area contributed by atoms with E-state index in [0.29, 0.717) is 23.9 Å². The number of esters is 1. The molecule has 1 fully saturated rings. The van der Waals surface area contributed by atoms with Gasteiger partial charge in [-0.2, -0.15) is 8.42 Å². The summed E-state index contributed by atoms with van der Waals surface area (Å²) < 4.78 is 41.1. The standard InChI is InChI=1S/C22H31BrN2O8S/c1-14(13-32-34(29,30)16-10-8-15(23)9-11-16)18(24-21(28)33-22(2,3)4)19(26)25-12-6-7-17(25)20(27)31-5/h8-11,14,17-18H,6-7,12-13H2,1-5H3,(H,24,28)/t14?,17?,18-/m0/s1. The van der Waals surface area contributed by atoms with Gasteiger partial charge in [-0.25, -0.2) is 9.59 Å². The molecule has 0 radical (unpaired) electrons. The van der Waals surface area contributed by atoms with Gasteiger partial charge < -0.3 is 19.7 Å². The van der Waals surface area contributed by atoms with E-state index in [9.17, 15) is 22.8 Å². The van der Waals surface area contributed by atoms with Gasteiger partial charge in [0.2, 0.25) is 5.91 Å². The quantitative estimate of drug-likeness (QED) is 0.378. The summed E-state index contributed by atoms with van der Waals surface area (Å²) >= 11 is 3.24. The third-order valence-electron chi connectivity index (χ3n) is 5.10. The van der Waals surface area contributed by atoms with Crippen LogP contribution >= 0.6 is 15.9 Å². The first-order chi connectivity index (χ1) is 15.7. The lowest BCUT2D eigenvalue weighted by Gasteiger charge is -2.31. The Balaban J connectivity index is 2.22. The van der Waals surface area contributed by atoms with Crippen LogP contribution in [0.15, 0.2) is 33.6 Å². The second-order valence-electron chi connectivity index (χ2n) is 9.01. The molecule has 0 saturated carbocycles. The Morgan fingerprint density at radius 2 is 1.82 bits per heavy atom. The van der Waals surface area contributed by atoms with Crippen LogP contribution in [-0.4, -0.2) is 69.2 Å². The molecule has 2 amide bonds. The minimum atomic E-state index is -4.10. The Labute approximate surface area is 208 Å². The van der Waals surface area contributed by atoms with Crippen molar-refractivity contribution >= 4 is 44.0 Å². The number of hydrogen-bond donors (Lipinski definition) is 1. The summed E-state index contributed by atoms with van der Waals surface area (Å²) in [7, 11) is -2.86. The van der Waals surface area contributed by atoms with E-state index in [1.807, 2.05) is 0 Å². The van der Waals surface area contributed by atoms with Crippen LogP contribution in [0.1, 0.15) is 40.5 Å². The van der Waals surface area contributed by atoms with Gasteiger partial charge in [0.25, 0.3) is 10.1 Å². The van der Waals surface area contributed by atoms with Crippen LogP contribution in [0.25, 0.3) is 0 Å². The van der Waals surface area contributed by atoms with Crippen molar-refractivity contribution in [2.75, 3.05) is 20.3 Å². The molecule has 10 nitrogen and oxygen atoms in total. The number of alkyl carbamates (subject to hydrolysis) is 1. The summed E-state index contributed by atoms with van der Waals surface area (Å²) in [6.45, 7) is 6.51. The van der Waals surface area contributed by atoms with Gasteiger partial charge in [0, 0.05) is 16.9 Å². The smallest absolute Gasteiger partial charge is 0.408 e. The molecule has 0 aromatic heterocycles. The minimum Gasteiger partial charge on any atom is -0.467 e. The molecule has 1 aliphatic heterocycles. The predicted octanol–water partition coefficient (Wildman–Crippen LogP) is 2.85. The highest BCUT2D eigenvalue weighted by Crippen LogP contribution is 2.23. The zero-order chi connectivity index (χ0) is 25.7. The van der Waals surface area contributed by atoms with Gasteiger partial charge in [-0.1, -0.05) is 22.9 Å². The van der Waals surface area contributed by atoms with Gasteiger partial charge in [0.15, 0.2) is 0 Å². The highest BCUT2D eigenvalue weighted by atomic mass is 79.9. The number of benzene rings is 1. The number of rotatable bonds is 8. The first-order valence-electron chi connectivity index (χ1n) is 10.8. The molecule has 1 heterocycles. The molecular weight excluding hydrogens is 532 g/mol. The molecule has 2 rings (SSSR count). The highest BCUT2D eigenvalue weighted by molar-refractivity contribution is 9.10. The molecule has 34 heavy (non-hydrogen) atoms. The van der Waals surface area contributed by atoms with Crippen LogP contribution in [0.2, 0.25) is 0 Å². The number of amides is 2. The molecule has 1 aromatic carbocycles. The SMILES string of the molecule is COC(=O)C1CCCN1C(=O)[C@@H](NC(=O)OC(C)(C)C)C(C)COS(=O)(=O)c1ccc(Br)cc1. The van der Waals surface area contributed by atoms with Crippen molar-refractivity contribution in [3.63, 3.8) is 0 Å².